The summed E-state index contributed by atoms with van der Waals surface area (Å²) in [5.74, 6) is -0.793. The Bertz CT molecular complexity index is 771. The lowest BCUT2D eigenvalue weighted by molar-refractivity contribution is 0.0969. The van der Waals surface area contributed by atoms with Crippen molar-refractivity contribution in [2.45, 2.75) is 19.5 Å². The maximum atomic E-state index is 11.1. The first kappa shape index (κ1) is 11.7. The molecule has 0 fully saturated rings. The van der Waals surface area contributed by atoms with Crippen LogP contribution in [0.5, 0.6) is 0 Å². The van der Waals surface area contributed by atoms with E-state index in [1.165, 1.54) is 0 Å². The largest absolute Gasteiger partial charge is 0.432 e. The Morgan fingerprint density at radius 1 is 1.53 bits per heavy atom. The first-order valence-electron chi connectivity index (χ1n) is 5.86. The number of primary amides is 1. The molecular weight excluding hydrogens is 246 g/mol. The van der Waals surface area contributed by atoms with Gasteiger partial charge in [0.2, 0.25) is 0 Å². The molecule has 2 heterocycles. The molecule has 2 aromatic heterocycles. The summed E-state index contributed by atoms with van der Waals surface area (Å²) in [6.07, 6.45) is 1.73. The highest BCUT2D eigenvalue weighted by atomic mass is 16.4. The second-order valence-corrected chi connectivity index (χ2v) is 4.54. The summed E-state index contributed by atoms with van der Waals surface area (Å²) in [5.41, 5.74) is 12.8. The molecule has 0 aliphatic heterocycles. The van der Waals surface area contributed by atoms with Crippen LogP contribution in [-0.2, 0) is 6.54 Å². The minimum absolute atomic E-state index is 0.0409. The minimum Gasteiger partial charge on any atom is -0.432 e. The van der Waals surface area contributed by atoms with Gasteiger partial charge in [0.15, 0.2) is 5.58 Å². The molecule has 1 aromatic carbocycles. The van der Waals surface area contributed by atoms with Crippen molar-refractivity contribution in [3.63, 3.8) is 0 Å². The van der Waals surface area contributed by atoms with Crippen molar-refractivity contribution in [3.05, 3.63) is 24.2 Å². The van der Waals surface area contributed by atoms with Crippen molar-refractivity contribution in [1.29, 1.82) is 0 Å². The average molecular weight is 259 g/mol. The van der Waals surface area contributed by atoms with Crippen LogP contribution >= 0.6 is 0 Å². The van der Waals surface area contributed by atoms with Gasteiger partial charge in [0.1, 0.15) is 5.52 Å². The summed E-state index contributed by atoms with van der Waals surface area (Å²) in [6.45, 7) is 2.45. The molecule has 0 spiro atoms. The van der Waals surface area contributed by atoms with E-state index >= 15 is 0 Å². The highest BCUT2D eigenvalue weighted by molar-refractivity contribution is 6.03. The van der Waals surface area contributed by atoms with E-state index in [0.29, 0.717) is 17.6 Å². The summed E-state index contributed by atoms with van der Waals surface area (Å²) in [4.78, 5) is 15.3. The molecule has 1 unspecified atom stereocenters. The number of hydrogen-bond acceptors (Lipinski definition) is 5. The van der Waals surface area contributed by atoms with Gasteiger partial charge in [0, 0.05) is 11.4 Å². The molecular formula is C12H13N5O2. The average Bonchev–Trinajstić information content (AvgIpc) is 2.91. The number of amides is 1. The Kier molecular flexibility index (Phi) is 2.49. The fourth-order valence-electron chi connectivity index (χ4n) is 2.08. The standard InChI is InChI=1S/C12H13N5O2/c1-6(13)5-17-10-7(4-15-17)2-3-8-9(10)16-12(19-8)11(14)18/h2-4,6H,5,13H2,1H3,(H2,14,18). The minimum atomic E-state index is -0.692. The first-order valence-corrected chi connectivity index (χ1v) is 5.86. The van der Waals surface area contributed by atoms with E-state index in [4.69, 9.17) is 15.9 Å². The first-order chi connectivity index (χ1) is 9.06. The number of oxazole rings is 1. The number of nitrogens with two attached hydrogens (primary N) is 2. The van der Waals surface area contributed by atoms with Gasteiger partial charge in [-0.15, -0.1) is 0 Å². The van der Waals surface area contributed by atoms with Crippen LogP contribution in [0.2, 0.25) is 0 Å². The summed E-state index contributed by atoms with van der Waals surface area (Å²) < 4.78 is 7.07. The van der Waals surface area contributed by atoms with E-state index < -0.39 is 5.91 Å². The molecule has 3 rings (SSSR count). The van der Waals surface area contributed by atoms with Crippen molar-refractivity contribution in [1.82, 2.24) is 14.8 Å². The maximum Gasteiger partial charge on any atom is 0.304 e. The van der Waals surface area contributed by atoms with Crippen LogP contribution in [0.15, 0.2) is 22.7 Å². The number of fused-ring (bicyclic) bond motifs is 3. The number of aromatic nitrogens is 3. The van der Waals surface area contributed by atoms with Gasteiger partial charge in [-0.1, -0.05) is 0 Å². The Hall–Kier alpha value is -2.41. The van der Waals surface area contributed by atoms with Gasteiger partial charge in [-0.3, -0.25) is 9.48 Å². The topological polar surface area (TPSA) is 113 Å². The molecule has 0 saturated heterocycles. The third-order valence-electron chi connectivity index (χ3n) is 2.83. The molecule has 1 atom stereocenters. The van der Waals surface area contributed by atoms with Crippen molar-refractivity contribution in [2.75, 3.05) is 0 Å². The van der Waals surface area contributed by atoms with Gasteiger partial charge in [-0.05, 0) is 19.1 Å². The fourth-order valence-corrected chi connectivity index (χ4v) is 2.08. The quantitative estimate of drug-likeness (QED) is 0.716. The predicted octanol–water partition coefficient (Wildman–Crippen LogP) is 0.624. The SMILES string of the molecule is CC(N)Cn1ncc2ccc3oc(C(N)=O)nc3c21. The number of carbonyl (C=O) groups excluding carboxylic acids is 1. The maximum absolute atomic E-state index is 11.1. The van der Waals surface area contributed by atoms with Gasteiger partial charge in [0.05, 0.1) is 18.3 Å². The van der Waals surface area contributed by atoms with Crippen molar-refractivity contribution in [2.24, 2.45) is 11.5 Å². The van der Waals surface area contributed by atoms with E-state index in [0.717, 1.165) is 10.9 Å². The number of rotatable bonds is 3. The van der Waals surface area contributed by atoms with Crippen molar-refractivity contribution < 1.29 is 9.21 Å². The lowest BCUT2D eigenvalue weighted by Crippen LogP contribution is -2.22. The second-order valence-electron chi connectivity index (χ2n) is 4.54. The molecule has 3 aromatic rings. The Morgan fingerprint density at radius 3 is 3.00 bits per heavy atom. The zero-order chi connectivity index (χ0) is 13.6. The number of nitrogens with zero attached hydrogens (tertiary/aromatic N) is 3. The molecule has 0 aliphatic carbocycles. The Morgan fingerprint density at radius 2 is 2.32 bits per heavy atom. The molecule has 0 radical (unpaired) electrons. The van der Waals surface area contributed by atoms with Gasteiger partial charge < -0.3 is 15.9 Å². The Labute approximate surface area is 108 Å². The lowest BCUT2D eigenvalue weighted by atomic mass is 10.2. The number of benzene rings is 1. The lowest BCUT2D eigenvalue weighted by Gasteiger charge is -2.06. The van der Waals surface area contributed by atoms with E-state index in [2.05, 4.69) is 10.1 Å². The molecule has 4 N–H and O–H groups in total. The smallest absolute Gasteiger partial charge is 0.304 e. The van der Waals surface area contributed by atoms with E-state index in [9.17, 15) is 4.79 Å². The van der Waals surface area contributed by atoms with Gasteiger partial charge >= 0.3 is 5.91 Å². The van der Waals surface area contributed by atoms with Crippen molar-refractivity contribution in [3.8, 4) is 0 Å². The third kappa shape index (κ3) is 1.84. The highest BCUT2D eigenvalue weighted by Crippen LogP contribution is 2.25. The molecule has 0 saturated carbocycles. The summed E-state index contributed by atoms with van der Waals surface area (Å²) in [6, 6.07) is 3.56. The molecule has 0 aliphatic rings. The predicted molar refractivity (Wildman–Crippen MR) is 69.5 cm³/mol. The van der Waals surface area contributed by atoms with E-state index in [1.54, 1.807) is 16.9 Å². The summed E-state index contributed by atoms with van der Waals surface area (Å²) in [5, 5.41) is 5.19. The number of hydrogen-bond donors (Lipinski definition) is 2. The van der Waals surface area contributed by atoms with Crippen LogP contribution in [0, 0.1) is 0 Å². The van der Waals surface area contributed by atoms with Crippen LogP contribution in [0.4, 0.5) is 0 Å². The normalized spacial score (nSPS) is 13.2. The summed E-state index contributed by atoms with van der Waals surface area (Å²) in [7, 11) is 0. The zero-order valence-electron chi connectivity index (χ0n) is 10.3. The Balaban J connectivity index is 2.30. The molecule has 7 nitrogen and oxygen atoms in total. The van der Waals surface area contributed by atoms with Crippen LogP contribution < -0.4 is 11.5 Å². The van der Waals surface area contributed by atoms with E-state index in [1.807, 2.05) is 13.0 Å². The van der Waals surface area contributed by atoms with Gasteiger partial charge in [-0.2, -0.15) is 5.10 Å². The molecule has 98 valence electrons. The highest BCUT2D eigenvalue weighted by Gasteiger charge is 2.16. The van der Waals surface area contributed by atoms with Gasteiger partial charge in [-0.25, -0.2) is 4.98 Å². The van der Waals surface area contributed by atoms with Gasteiger partial charge in [0.25, 0.3) is 5.89 Å². The number of carbonyl (C=O) groups is 1. The third-order valence-corrected chi connectivity index (χ3v) is 2.83. The van der Waals surface area contributed by atoms with Crippen LogP contribution in [0.3, 0.4) is 0 Å². The molecule has 1 amide bonds. The second kappa shape index (κ2) is 4.06. The van der Waals surface area contributed by atoms with E-state index in [-0.39, 0.29) is 11.9 Å². The van der Waals surface area contributed by atoms with Crippen LogP contribution in [-0.4, -0.2) is 26.7 Å². The van der Waals surface area contributed by atoms with Crippen LogP contribution in [0.25, 0.3) is 22.0 Å². The molecule has 0 bridgehead atoms. The van der Waals surface area contributed by atoms with Crippen molar-refractivity contribution >= 4 is 27.9 Å². The molecule has 7 heteroatoms. The zero-order valence-corrected chi connectivity index (χ0v) is 10.3. The molecule has 19 heavy (non-hydrogen) atoms. The van der Waals surface area contributed by atoms with Crippen LogP contribution in [0.1, 0.15) is 17.6 Å². The summed E-state index contributed by atoms with van der Waals surface area (Å²) >= 11 is 0. The monoisotopic (exact) mass is 259 g/mol. The fraction of sp³-hybridized carbons (Fsp3) is 0.250.